The Balaban J connectivity index is 1.70. The lowest BCUT2D eigenvalue weighted by Crippen LogP contribution is -2.54. The van der Waals surface area contributed by atoms with Crippen LogP contribution in [0.25, 0.3) is 11.4 Å². The number of ether oxygens (including phenoxy) is 1. The van der Waals surface area contributed by atoms with Crippen molar-refractivity contribution in [2.24, 2.45) is 5.73 Å². The SMILES string of the molecule is NC1(C(=O)Nc2ccc(-c3noc(C(F)(F)F)n3)cc2)CCOCC1. The summed E-state index contributed by atoms with van der Waals surface area (Å²) in [6, 6.07) is 6.01. The number of carbonyl (C=O) groups is 1. The fourth-order valence-electron chi connectivity index (χ4n) is 2.38. The summed E-state index contributed by atoms with van der Waals surface area (Å²) < 4.78 is 46.8. The van der Waals surface area contributed by atoms with Crippen LogP contribution < -0.4 is 11.1 Å². The molecular formula is C15H15F3N4O3. The zero-order valence-electron chi connectivity index (χ0n) is 13.0. The van der Waals surface area contributed by atoms with Gasteiger partial charge in [0.25, 0.3) is 0 Å². The van der Waals surface area contributed by atoms with Gasteiger partial charge in [-0.25, -0.2) is 0 Å². The van der Waals surface area contributed by atoms with Crippen molar-refractivity contribution in [1.82, 2.24) is 10.1 Å². The van der Waals surface area contributed by atoms with Gasteiger partial charge >= 0.3 is 12.1 Å². The molecule has 1 aliphatic heterocycles. The lowest BCUT2D eigenvalue weighted by Gasteiger charge is -2.31. The number of nitrogens with one attached hydrogen (secondary N) is 1. The molecule has 1 aromatic heterocycles. The van der Waals surface area contributed by atoms with E-state index in [2.05, 4.69) is 20.0 Å². The number of carbonyl (C=O) groups excluding carboxylic acids is 1. The number of hydrogen-bond acceptors (Lipinski definition) is 6. The van der Waals surface area contributed by atoms with Crippen molar-refractivity contribution >= 4 is 11.6 Å². The molecule has 1 aliphatic rings. The number of nitrogens with zero attached hydrogens (tertiary/aromatic N) is 2. The van der Waals surface area contributed by atoms with Crippen LogP contribution in [-0.2, 0) is 15.7 Å². The Morgan fingerprint density at radius 2 is 1.84 bits per heavy atom. The van der Waals surface area contributed by atoms with E-state index in [0.29, 0.717) is 37.3 Å². The third-order valence-corrected chi connectivity index (χ3v) is 3.91. The minimum atomic E-state index is -4.70. The van der Waals surface area contributed by atoms with E-state index in [-0.39, 0.29) is 11.7 Å². The zero-order valence-corrected chi connectivity index (χ0v) is 13.0. The predicted octanol–water partition coefficient (Wildman–Crippen LogP) is 2.20. The third-order valence-electron chi connectivity index (χ3n) is 3.91. The first-order valence-corrected chi connectivity index (χ1v) is 7.47. The number of anilines is 1. The van der Waals surface area contributed by atoms with Crippen LogP contribution >= 0.6 is 0 Å². The second kappa shape index (κ2) is 6.45. The average Bonchev–Trinajstić information content (AvgIpc) is 3.06. The second-order valence-corrected chi connectivity index (χ2v) is 5.72. The lowest BCUT2D eigenvalue weighted by atomic mass is 9.90. The summed E-state index contributed by atoms with van der Waals surface area (Å²) in [6.45, 7) is 0.838. The predicted molar refractivity (Wildman–Crippen MR) is 80.3 cm³/mol. The fraction of sp³-hybridized carbons (Fsp3) is 0.400. The Hall–Kier alpha value is -2.46. The number of nitrogens with two attached hydrogens (primary N) is 1. The first-order valence-electron chi connectivity index (χ1n) is 7.47. The monoisotopic (exact) mass is 356 g/mol. The largest absolute Gasteiger partial charge is 0.471 e. The van der Waals surface area contributed by atoms with Crippen molar-refractivity contribution in [1.29, 1.82) is 0 Å². The molecule has 3 N–H and O–H groups in total. The van der Waals surface area contributed by atoms with Gasteiger partial charge in [0.1, 0.15) is 5.54 Å². The molecule has 1 fully saturated rings. The highest BCUT2D eigenvalue weighted by molar-refractivity contribution is 5.98. The van der Waals surface area contributed by atoms with Gasteiger partial charge in [-0.2, -0.15) is 18.2 Å². The van der Waals surface area contributed by atoms with E-state index >= 15 is 0 Å². The molecule has 0 radical (unpaired) electrons. The van der Waals surface area contributed by atoms with E-state index in [9.17, 15) is 18.0 Å². The van der Waals surface area contributed by atoms with Gasteiger partial charge in [0.05, 0.1) is 0 Å². The molecule has 2 heterocycles. The van der Waals surface area contributed by atoms with Crippen LogP contribution in [-0.4, -0.2) is 34.8 Å². The summed E-state index contributed by atoms with van der Waals surface area (Å²) in [7, 11) is 0. The summed E-state index contributed by atoms with van der Waals surface area (Å²) in [5.41, 5.74) is 5.88. The molecule has 3 rings (SSSR count). The van der Waals surface area contributed by atoms with Crippen LogP contribution in [0, 0.1) is 0 Å². The molecule has 0 bridgehead atoms. The van der Waals surface area contributed by atoms with E-state index in [4.69, 9.17) is 10.5 Å². The Morgan fingerprint density at radius 3 is 2.40 bits per heavy atom. The van der Waals surface area contributed by atoms with Crippen LogP contribution in [0.2, 0.25) is 0 Å². The van der Waals surface area contributed by atoms with Crippen LogP contribution in [0.3, 0.4) is 0 Å². The van der Waals surface area contributed by atoms with Crippen molar-refractivity contribution < 1.29 is 27.2 Å². The number of amides is 1. The molecule has 1 aromatic carbocycles. The van der Waals surface area contributed by atoms with Crippen LogP contribution in [0.5, 0.6) is 0 Å². The Morgan fingerprint density at radius 1 is 1.20 bits per heavy atom. The summed E-state index contributed by atoms with van der Waals surface area (Å²) >= 11 is 0. The highest BCUT2D eigenvalue weighted by Gasteiger charge is 2.38. The van der Waals surface area contributed by atoms with Crippen molar-refractivity contribution in [2.45, 2.75) is 24.6 Å². The number of halogens is 3. The number of hydrogen-bond donors (Lipinski definition) is 2. The maximum absolute atomic E-state index is 12.5. The topological polar surface area (TPSA) is 103 Å². The molecular weight excluding hydrogens is 341 g/mol. The van der Waals surface area contributed by atoms with Gasteiger partial charge < -0.3 is 20.3 Å². The number of alkyl halides is 3. The van der Waals surface area contributed by atoms with E-state index in [1.54, 1.807) is 0 Å². The average molecular weight is 356 g/mol. The van der Waals surface area contributed by atoms with Gasteiger partial charge in [-0.15, -0.1) is 0 Å². The Kier molecular flexibility index (Phi) is 4.48. The lowest BCUT2D eigenvalue weighted by molar-refractivity contribution is -0.159. The smallest absolute Gasteiger partial charge is 0.381 e. The van der Waals surface area contributed by atoms with Crippen molar-refractivity contribution in [3.8, 4) is 11.4 Å². The summed E-state index contributed by atoms with van der Waals surface area (Å²) in [5, 5.41) is 6.00. The summed E-state index contributed by atoms with van der Waals surface area (Å²) in [6.07, 6.45) is -3.86. The molecule has 10 heteroatoms. The summed E-state index contributed by atoms with van der Waals surface area (Å²) in [4.78, 5) is 15.6. The number of aromatic nitrogens is 2. The molecule has 25 heavy (non-hydrogen) atoms. The molecule has 0 unspecified atom stereocenters. The molecule has 1 amide bonds. The molecule has 0 saturated carbocycles. The van der Waals surface area contributed by atoms with Gasteiger partial charge in [-0.1, -0.05) is 5.16 Å². The molecule has 2 aromatic rings. The van der Waals surface area contributed by atoms with Gasteiger partial charge in [0.2, 0.25) is 11.7 Å². The first kappa shape index (κ1) is 17.4. The normalized spacial score (nSPS) is 17.3. The molecule has 7 nitrogen and oxygen atoms in total. The van der Waals surface area contributed by atoms with Crippen molar-refractivity contribution in [3.63, 3.8) is 0 Å². The number of benzene rings is 1. The molecule has 0 spiro atoms. The van der Waals surface area contributed by atoms with E-state index in [1.807, 2.05) is 0 Å². The highest BCUT2D eigenvalue weighted by atomic mass is 19.4. The van der Waals surface area contributed by atoms with Gasteiger partial charge in [-0.05, 0) is 37.1 Å². The van der Waals surface area contributed by atoms with Gasteiger partial charge in [-0.3, -0.25) is 4.79 Å². The first-order chi connectivity index (χ1) is 11.8. The minimum Gasteiger partial charge on any atom is -0.381 e. The van der Waals surface area contributed by atoms with Crippen molar-refractivity contribution in [3.05, 3.63) is 30.2 Å². The van der Waals surface area contributed by atoms with Crippen molar-refractivity contribution in [2.75, 3.05) is 18.5 Å². The number of rotatable bonds is 3. The minimum absolute atomic E-state index is 0.190. The molecule has 0 atom stereocenters. The molecule has 134 valence electrons. The standard InChI is InChI=1S/C15H15F3N4O3/c16-15(17,18)13-21-11(22-25-13)9-1-3-10(4-2-9)20-12(23)14(19)5-7-24-8-6-14/h1-4H,5-8,19H2,(H,20,23). The third kappa shape index (κ3) is 3.80. The fourth-order valence-corrected chi connectivity index (χ4v) is 2.38. The van der Waals surface area contributed by atoms with E-state index < -0.39 is 17.6 Å². The summed E-state index contributed by atoms with van der Waals surface area (Å²) in [5.74, 6) is -1.93. The highest BCUT2D eigenvalue weighted by Crippen LogP contribution is 2.29. The maximum atomic E-state index is 12.5. The van der Waals surface area contributed by atoms with Gasteiger partial charge in [0.15, 0.2) is 0 Å². The molecule has 0 aliphatic carbocycles. The maximum Gasteiger partial charge on any atom is 0.471 e. The van der Waals surface area contributed by atoms with Gasteiger partial charge in [0, 0.05) is 24.5 Å². The Bertz CT molecular complexity index is 752. The van der Waals surface area contributed by atoms with E-state index in [1.165, 1.54) is 24.3 Å². The van der Waals surface area contributed by atoms with Crippen LogP contribution in [0.4, 0.5) is 18.9 Å². The quantitative estimate of drug-likeness (QED) is 0.874. The molecule has 1 saturated heterocycles. The van der Waals surface area contributed by atoms with E-state index in [0.717, 1.165) is 0 Å². The second-order valence-electron chi connectivity index (χ2n) is 5.72. The Labute approximate surface area is 140 Å². The zero-order chi connectivity index (χ0) is 18.1. The van der Waals surface area contributed by atoms with Crippen LogP contribution in [0.15, 0.2) is 28.8 Å². The van der Waals surface area contributed by atoms with Crippen LogP contribution in [0.1, 0.15) is 18.7 Å².